The van der Waals surface area contributed by atoms with Gasteiger partial charge in [0, 0.05) is 20.1 Å². The first-order chi connectivity index (χ1) is 6.61. The Morgan fingerprint density at radius 1 is 1.20 bits per heavy atom. The number of hydrogen-bond acceptors (Lipinski definition) is 4. The van der Waals surface area contributed by atoms with Gasteiger partial charge in [-0.05, 0) is 0 Å². The van der Waals surface area contributed by atoms with E-state index in [9.17, 15) is 14.4 Å². The Morgan fingerprint density at radius 3 is 2.27 bits per heavy atom. The smallest absolute Gasteiger partial charge is 0.312 e. The zero-order valence-electron chi connectivity index (χ0n) is 8.23. The second-order valence-electron chi connectivity index (χ2n) is 3.49. The Balaban J connectivity index is 0.00000112. The van der Waals surface area contributed by atoms with Gasteiger partial charge in [-0.3, -0.25) is 19.4 Å². The van der Waals surface area contributed by atoms with Gasteiger partial charge >= 0.3 is 6.03 Å². The third-order valence-corrected chi connectivity index (χ3v) is 2.56. The molecule has 2 aliphatic heterocycles. The van der Waals surface area contributed by atoms with Crippen LogP contribution in [-0.2, 0) is 9.59 Å². The molecule has 84 valence electrons. The van der Waals surface area contributed by atoms with Gasteiger partial charge in [0.05, 0.1) is 6.04 Å². The maximum atomic E-state index is 11.6. The summed E-state index contributed by atoms with van der Waals surface area (Å²) in [5.74, 6) is -0.812. The van der Waals surface area contributed by atoms with Gasteiger partial charge in [-0.15, -0.1) is 12.4 Å². The van der Waals surface area contributed by atoms with Gasteiger partial charge < -0.3 is 5.32 Å². The molecule has 0 saturated carbocycles. The molecule has 0 radical (unpaired) electrons. The number of halogens is 1. The average molecular weight is 234 g/mol. The first-order valence-electron chi connectivity index (χ1n) is 4.44. The molecule has 0 bridgehead atoms. The summed E-state index contributed by atoms with van der Waals surface area (Å²) < 4.78 is 0. The number of imide groups is 2. The number of barbiturate groups is 1. The lowest BCUT2D eigenvalue weighted by atomic mass is 10.1. The van der Waals surface area contributed by atoms with Gasteiger partial charge in [-0.25, -0.2) is 4.79 Å². The third-order valence-electron chi connectivity index (χ3n) is 2.56. The molecule has 0 aromatic carbocycles. The molecule has 0 aromatic heterocycles. The van der Waals surface area contributed by atoms with Gasteiger partial charge in [-0.2, -0.15) is 0 Å². The molecule has 2 saturated heterocycles. The molecular weight excluding hydrogens is 222 g/mol. The molecule has 0 spiro atoms. The van der Waals surface area contributed by atoms with Crippen LogP contribution in [0.4, 0.5) is 4.79 Å². The lowest BCUT2D eigenvalue weighted by Gasteiger charge is -2.40. The Kier molecular flexibility index (Phi) is 3.31. The number of urea groups is 1. The van der Waals surface area contributed by atoms with Crippen LogP contribution < -0.4 is 5.32 Å². The second-order valence-corrected chi connectivity index (χ2v) is 3.49. The van der Waals surface area contributed by atoms with Crippen LogP contribution in [0.5, 0.6) is 0 Å². The van der Waals surface area contributed by atoms with Crippen LogP contribution in [0.3, 0.4) is 0 Å². The highest BCUT2D eigenvalue weighted by Gasteiger charge is 2.41. The van der Waals surface area contributed by atoms with Crippen molar-refractivity contribution >= 4 is 30.3 Å². The van der Waals surface area contributed by atoms with Gasteiger partial charge in [0.2, 0.25) is 11.8 Å². The summed E-state index contributed by atoms with van der Waals surface area (Å²) in [7, 11) is 1.40. The molecule has 1 N–H and O–H groups in total. The second kappa shape index (κ2) is 4.16. The minimum atomic E-state index is -0.502. The van der Waals surface area contributed by atoms with Crippen LogP contribution in [0.1, 0.15) is 6.42 Å². The molecule has 6 nitrogen and oxygen atoms in total. The monoisotopic (exact) mass is 233 g/mol. The van der Waals surface area contributed by atoms with Gasteiger partial charge in [-0.1, -0.05) is 0 Å². The van der Waals surface area contributed by atoms with Crippen molar-refractivity contribution in [2.24, 2.45) is 0 Å². The van der Waals surface area contributed by atoms with E-state index in [1.54, 1.807) is 0 Å². The SMILES string of the molecule is CN1C(=O)CC(=O)N(C2CNC2)C1=O.Cl. The fourth-order valence-electron chi connectivity index (χ4n) is 1.52. The van der Waals surface area contributed by atoms with E-state index in [1.165, 1.54) is 11.9 Å². The highest BCUT2D eigenvalue weighted by atomic mass is 35.5. The summed E-state index contributed by atoms with van der Waals surface area (Å²) >= 11 is 0. The number of hydrogen-bond donors (Lipinski definition) is 1. The molecule has 2 fully saturated rings. The summed E-state index contributed by atoms with van der Waals surface area (Å²) in [5.41, 5.74) is 0. The highest BCUT2D eigenvalue weighted by Crippen LogP contribution is 2.15. The van der Waals surface area contributed by atoms with Crippen LogP contribution in [0, 0.1) is 0 Å². The molecule has 15 heavy (non-hydrogen) atoms. The largest absolute Gasteiger partial charge is 0.333 e. The first-order valence-corrected chi connectivity index (χ1v) is 4.44. The molecule has 2 aliphatic rings. The number of carbonyl (C=O) groups is 3. The summed E-state index contributed by atoms with van der Waals surface area (Å²) in [6, 6.07) is -0.580. The quantitative estimate of drug-likeness (QED) is 0.602. The van der Waals surface area contributed by atoms with Crippen molar-refractivity contribution in [2.45, 2.75) is 12.5 Å². The van der Waals surface area contributed by atoms with E-state index in [-0.39, 0.29) is 30.8 Å². The number of nitrogens with one attached hydrogen (secondary N) is 1. The van der Waals surface area contributed by atoms with E-state index in [2.05, 4.69) is 5.32 Å². The summed E-state index contributed by atoms with van der Waals surface area (Å²) in [6.45, 7) is 1.25. The lowest BCUT2D eigenvalue weighted by Crippen LogP contribution is -2.65. The molecule has 2 heterocycles. The zero-order chi connectivity index (χ0) is 10.3. The van der Waals surface area contributed by atoms with E-state index >= 15 is 0 Å². The van der Waals surface area contributed by atoms with Crippen molar-refractivity contribution in [3.05, 3.63) is 0 Å². The highest BCUT2D eigenvalue weighted by molar-refractivity contribution is 6.14. The molecule has 2 rings (SSSR count). The Labute approximate surface area is 93.0 Å². The topological polar surface area (TPSA) is 69.7 Å². The number of nitrogens with zero attached hydrogens (tertiary/aromatic N) is 2. The zero-order valence-corrected chi connectivity index (χ0v) is 9.04. The normalized spacial score (nSPS) is 22.6. The minimum absolute atomic E-state index is 0. The third kappa shape index (κ3) is 1.82. The minimum Gasteiger partial charge on any atom is -0.312 e. The maximum Gasteiger partial charge on any atom is 0.333 e. The van der Waals surface area contributed by atoms with E-state index in [0.29, 0.717) is 13.1 Å². The Bertz CT molecular complexity index is 316. The van der Waals surface area contributed by atoms with Crippen LogP contribution >= 0.6 is 12.4 Å². The standard InChI is InChI=1S/C8H11N3O3.ClH/c1-10-6(12)2-7(13)11(8(10)14)5-3-9-4-5;/h5,9H,2-4H2,1H3;1H. The predicted octanol–water partition coefficient (Wildman–Crippen LogP) is -0.809. The van der Waals surface area contributed by atoms with Gasteiger partial charge in [0.15, 0.2) is 0 Å². The summed E-state index contributed by atoms with van der Waals surface area (Å²) in [6.07, 6.45) is -0.196. The van der Waals surface area contributed by atoms with Crippen molar-refractivity contribution in [1.29, 1.82) is 0 Å². The first kappa shape index (κ1) is 11.9. The molecular formula is C8H12ClN3O3. The van der Waals surface area contributed by atoms with Crippen molar-refractivity contribution in [3.8, 4) is 0 Å². The summed E-state index contributed by atoms with van der Waals surface area (Å²) in [5, 5.41) is 2.98. The Morgan fingerprint density at radius 2 is 1.80 bits per heavy atom. The fourth-order valence-corrected chi connectivity index (χ4v) is 1.52. The number of carbonyl (C=O) groups excluding carboxylic acids is 3. The van der Waals surface area contributed by atoms with E-state index in [4.69, 9.17) is 0 Å². The average Bonchev–Trinajstić information content (AvgIpc) is 2.05. The molecule has 4 amide bonds. The van der Waals surface area contributed by atoms with Gasteiger partial charge in [0.1, 0.15) is 6.42 Å². The summed E-state index contributed by atoms with van der Waals surface area (Å²) in [4.78, 5) is 36.3. The van der Waals surface area contributed by atoms with Crippen LogP contribution in [-0.4, -0.2) is 53.8 Å². The van der Waals surface area contributed by atoms with E-state index in [0.717, 1.165) is 4.90 Å². The van der Waals surface area contributed by atoms with E-state index in [1.807, 2.05) is 0 Å². The molecule has 0 aromatic rings. The molecule has 0 atom stereocenters. The van der Waals surface area contributed by atoms with Crippen LogP contribution in [0.2, 0.25) is 0 Å². The van der Waals surface area contributed by atoms with Gasteiger partial charge in [0.25, 0.3) is 0 Å². The van der Waals surface area contributed by atoms with E-state index < -0.39 is 11.9 Å². The van der Waals surface area contributed by atoms with Crippen molar-refractivity contribution in [1.82, 2.24) is 15.1 Å². The Hall–Kier alpha value is -1.14. The lowest BCUT2D eigenvalue weighted by molar-refractivity contribution is -0.143. The maximum absolute atomic E-state index is 11.6. The fraction of sp³-hybridized carbons (Fsp3) is 0.625. The van der Waals surface area contributed by atoms with Crippen LogP contribution in [0.15, 0.2) is 0 Å². The van der Waals surface area contributed by atoms with Crippen molar-refractivity contribution < 1.29 is 14.4 Å². The number of rotatable bonds is 1. The number of amides is 4. The molecule has 0 aliphatic carbocycles. The molecule has 0 unspecified atom stereocenters. The van der Waals surface area contributed by atoms with Crippen LogP contribution in [0.25, 0.3) is 0 Å². The molecule has 7 heteroatoms. The van der Waals surface area contributed by atoms with Crippen molar-refractivity contribution in [3.63, 3.8) is 0 Å². The van der Waals surface area contributed by atoms with Crippen molar-refractivity contribution in [2.75, 3.05) is 20.1 Å². The predicted molar refractivity (Wildman–Crippen MR) is 53.5 cm³/mol.